The zero-order valence-electron chi connectivity index (χ0n) is 17.4. The third-order valence-electron chi connectivity index (χ3n) is 6.68. The van der Waals surface area contributed by atoms with Crippen LogP contribution in [0.3, 0.4) is 0 Å². The summed E-state index contributed by atoms with van der Waals surface area (Å²) in [5, 5.41) is 2.91. The fourth-order valence-electron chi connectivity index (χ4n) is 4.63. The van der Waals surface area contributed by atoms with Crippen molar-refractivity contribution >= 4 is 29.1 Å². The summed E-state index contributed by atoms with van der Waals surface area (Å²) in [7, 11) is 0. The molecular weight excluding hydrogens is 392 g/mol. The number of anilines is 2. The average molecular weight is 418 g/mol. The molecule has 1 N–H and O–H groups in total. The van der Waals surface area contributed by atoms with E-state index < -0.39 is 0 Å². The van der Waals surface area contributed by atoms with Crippen LogP contribution in [-0.4, -0.2) is 35.8 Å². The molecular formula is C24H26N4O3. The molecule has 7 nitrogen and oxygen atoms in total. The van der Waals surface area contributed by atoms with Crippen molar-refractivity contribution in [3.63, 3.8) is 0 Å². The Kier molecular flexibility index (Phi) is 5.18. The van der Waals surface area contributed by atoms with Crippen LogP contribution in [0, 0.1) is 11.8 Å². The second kappa shape index (κ2) is 8.13. The molecule has 1 saturated carbocycles. The monoisotopic (exact) mass is 418 g/mol. The second-order valence-electron chi connectivity index (χ2n) is 8.67. The van der Waals surface area contributed by atoms with Gasteiger partial charge in [0.1, 0.15) is 0 Å². The number of nitrogens with one attached hydrogen (secondary N) is 1. The molecule has 1 aromatic carbocycles. The molecule has 1 aromatic heterocycles. The molecule has 160 valence electrons. The van der Waals surface area contributed by atoms with Gasteiger partial charge in [0.25, 0.3) is 0 Å². The van der Waals surface area contributed by atoms with E-state index in [2.05, 4.69) is 10.3 Å². The van der Waals surface area contributed by atoms with Crippen molar-refractivity contribution in [3.05, 3.63) is 53.9 Å². The first kappa shape index (κ1) is 19.7. The van der Waals surface area contributed by atoms with Gasteiger partial charge < -0.3 is 15.1 Å². The van der Waals surface area contributed by atoms with Crippen LogP contribution in [0.1, 0.15) is 36.8 Å². The average Bonchev–Trinajstić information content (AvgIpc) is 3.34. The Morgan fingerprint density at radius 3 is 2.77 bits per heavy atom. The Morgan fingerprint density at radius 2 is 2.03 bits per heavy atom. The van der Waals surface area contributed by atoms with Gasteiger partial charge in [0.05, 0.1) is 5.92 Å². The summed E-state index contributed by atoms with van der Waals surface area (Å²) in [4.78, 5) is 45.6. The summed E-state index contributed by atoms with van der Waals surface area (Å²) in [5.41, 5.74) is 3.81. The van der Waals surface area contributed by atoms with Gasteiger partial charge in [0, 0.05) is 55.7 Å². The first-order valence-electron chi connectivity index (χ1n) is 11.0. The number of nitrogens with zero attached hydrogens (tertiary/aromatic N) is 3. The maximum atomic E-state index is 12.7. The Morgan fingerprint density at radius 1 is 1.16 bits per heavy atom. The Bertz CT molecular complexity index is 1020. The van der Waals surface area contributed by atoms with E-state index in [1.807, 2.05) is 35.2 Å². The smallest absolute Gasteiger partial charge is 0.230 e. The number of benzene rings is 1. The zero-order valence-corrected chi connectivity index (χ0v) is 17.4. The maximum absolute atomic E-state index is 12.7. The summed E-state index contributed by atoms with van der Waals surface area (Å²) in [5.74, 6) is -0.105. The first-order valence-corrected chi connectivity index (χ1v) is 11.0. The van der Waals surface area contributed by atoms with Crippen molar-refractivity contribution in [1.82, 2.24) is 10.3 Å². The van der Waals surface area contributed by atoms with Gasteiger partial charge in [-0.1, -0.05) is 12.5 Å². The van der Waals surface area contributed by atoms with Crippen molar-refractivity contribution in [3.8, 4) is 0 Å². The van der Waals surface area contributed by atoms with E-state index in [1.54, 1.807) is 17.3 Å². The van der Waals surface area contributed by atoms with E-state index in [-0.39, 0.29) is 36.0 Å². The number of carbonyl (C=O) groups excluding carboxylic acids is 3. The highest BCUT2D eigenvalue weighted by Gasteiger charge is 2.37. The third kappa shape index (κ3) is 3.80. The predicted octanol–water partition coefficient (Wildman–Crippen LogP) is 2.44. The van der Waals surface area contributed by atoms with Gasteiger partial charge in [0.15, 0.2) is 0 Å². The van der Waals surface area contributed by atoms with Crippen LogP contribution in [-0.2, 0) is 27.3 Å². The molecule has 0 spiro atoms. The zero-order chi connectivity index (χ0) is 21.4. The maximum Gasteiger partial charge on any atom is 0.230 e. The predicted molar refractivity (Wildman–Crippen MR) is 116 cm³/mol. The van der Waals surface area contributed by atoms with Gasteiger partial charge in [-0.3, -0.25) is 19.4 Å². The summed E-state index contributed by atoms with van der Waals surface area (Å²) in [6.07, 6.45) is 7.56. The van der Waals surface area contributed by atoms with E-state index in [9.17, 15) is 14.4 Å². The van der Waals surface area contributed by atoms with E-state index in [0.29, 0.717) is 19.6 Å². The molecule has 2 aromatic rings. The highest BCUT2D eigenvalue weighted by atomic mass is 16.2. The molecule has 0 unspecified atom stereocenters. The molecule has 1 atom stereocenters. The fraction of sp³-hybridized carbons (Fsp3) is 0.417. The Labute approximate surface area is 181 Å². The van der Waals surface area contributed by atoms with Crippen molar-refractivity contribution < 1.29 is 14.4 Å². The molecule has 3 amide bonds. The summed E-state index contributed by atoms with van der Waals surface area (Å²) >= 11 is 0. The van der Waals surface area contributed by atoms with E-state index in [4.69, 9.17) is 0 Å². The normalized spacial score (nSPS) is 20.5. The molecule has 0 radical (unpaired) electrons. The quantitative estimate of drug-likeness (QED) is 0.809. The third-order valence-corrected chi connectivity index (χ3v) is 6.68. The van der Waals surface area contributed by atoms with Crippen LogP contribution in [0.15, 0.2) is 42.7 Å². The van der Waals surface area contributed by atoms with Crippen molar-refractivity contribution in [1.29, 1.82) is 0 Å². The summed E-state index contributed by atoms with van der Waals surface area (Å²) in [6.45, 7) is 1.49. The van der Waals surface area contributed by atoms with Crippen LogP contribution in [0.2, 0.25) is 0 Å². The number of carbonyl (C=O) groups is 3. The van der Waals surface area contributed by atoms with Crippen LogP contribution in [0.5, 0.6) is 0 Å². The second-order valence-corrected chi connectivity index (χ2v) is 8.67. The fourth-order valence-corrected chi connectivity index (χ4v) is 4.63. The minimum atomic E-state index is -0.367. The molecule has 5 rings (SSSR count). The van der Waals surface area contributed by atoms with E-state index >= 15 is 0 Å². The topological polar surface area (TPSA) is 82.6 Å². The SMILES string of the molecule is O=C(NCc1cccnc1)[C@H]1CC(=O)N(c2ccc3c(c2)CCN3C(=O)C2CCC2)C1. The van der Waals surface area contributed by atoms with Crippen LogP contribution >= 0.6 is 0 Å². The number of hydrogen-bond donors (Lipinski definition) is 1. The van der Waals surface area contributed by atoms with Crippen molar-refractivity contribution in [2.75, 3.05) is 22.9 Å². The van der Waals surface area contributed by atoms with Gasteiger partial charge >= 0.3 is 0 Å². The lowest BCUT2D eigenvalue weighted by Gasteiger charge is -2.29. The molecule has 2 fully saturated rings. The van der Waals surface area contributed by atoms with E-state index in [0.717, 1.165) is 48.2 Å². The van der Waals surface area contributed by atoms with Crippen LogP contribution in [0.25, 0.3) is 0 Å². The van der Waals surface area contributed by atoms with Gasteiger partial charge in [0.2, 0.25) is 17.7 Å². The number of hydrogen-bond acceptors (Lipinski definition) is 4. The molecule has 3 heterocycles. The summed E-state index contributed by atoms with van der Waals surface area (Å²) in [6, 6.07) is 9.60. The summed E-state index contributed by atoms with van der Waals surface area (Å²) < 4.78 is 0. The molecule has 7 heteroatoms. The lowest BCUT2D eigenvalue weighted by molar-refractivity contribution is -0.126. The standard InChI is InChI=1S/C24H26N4O3/c29-22-12-19(23(30)26-14-16-3-2-9-25-13-16)15-28(22)20-6-7-21-18(11-20)8-10-27(21)24(31)17-4-1-5-17/h2-3,6-7,9,11,13,17,19H,1,4-5,8,10,12,14-15H2,(H,26,30)/t19-/m0/s1. The lowest BCUT2D eigenvalue weighted by atomic mass is 9.84. The lowest BCUT2D eigenvalue weighted by Crippen LogP contribution is -2.37. The number of fused-ring (bicyclic) bond motifs is 1. The molecule has 31 heavy (non-hydrogen) atoms. The molecule has 1 saturated heterocycles. The molecule has 2 aliphatic heterocycles. The van der Waals surface area contributed by atoms with Crippen molar-refractivity contribution in [2.45, 2.75) is 38.6 Å². The van der Waals surface area contributed by atoms with Crippen LogP contribution < -0.4 is 15.1 Å². The Balaban J connectivity index is 1.24. The highest BCUT2D eigenvalue weighted by Crippen LogP contribution is 2.37. The molecule has 1 aliphatic carbocycles. The van der Waals surface area contributed by atoms with Gasteiger partial charge in [-0.15, -0.1) is 0 Å². The van der Waals surface area contributed by atoms with Gasteiger partial charge in [-0.25, -0.2) is 0 Å². The van der Waals surface area contributed by atoms with E-state index in [1.165, 1.54) is 0 Å². The minimum Gasteiger partial charge on any atom is -0.352 e. The van der Waals surface area contributed by atoms with Crippen molar-refractivity contribution in [2.24, 2.45) is 11.8 Å². The van der Waals surface area contributed by atoms with Gasteiger partial charge in [-0.05, 0) is 54.7 Å². The first-order chi connectivity index (χ1) is 15.1. The number of amides is 3. The number of rotatable bonds is 5. The highest BCUT2D eigenvalue weighted by molar-refractivity contribution is 6.01. The molecule has 0 bridgehead atoms. The van der Waals surface area contributed by atoms with Crippen LogP contribution in [0.4, 0.5) is 11.4 Å². The Hall–Kier alpha value is -3.22. The molecule has 3 aliphatic rings. The van der Waals surface area contributed by atoms with Gasteiger partial charge in [-0.2, -0.15) is 0 Å². The number of pyridine rings is 1. The minimum absolute atomic E-state index is 0.0399. The number of aromatic nitrogens is 1. The largest absolute Gasteiger partial charge is 0.352 e.